The van der Waals surface area contributed by atoms with Crippen LogP contribution in [-0.2, 0) is 0 Å². The van der Waals surface area contributed by atoms with Gasteiger partial charge in [0.15, 0.2) is 0 Å². The number of hydrogen-bond acceptors (Lipinski definition) is 5. The molecule has 2 atom stereocenters. The Kier molecular flexibility index (Phi) is 3.55. The van der Waals surface area contributed by atoms with Crippen molar-refractivity contribution in [2.75, 3.05) is 16.9 Å². The molecule has 1 aromatic rings. The molecule has 1 aliphatic heterocycles. The van der Waals surface area contributed by atoms with Crippen molar-refractivity contribution in [1.29, 1.82) is 0 Å². The Morgan fingerprint density at radius 1 is 1.21 bits per heavy atom. The monoisotopic (exact) mass is 261 g/mol. The summed E-state index contributed by atoms with van der Waals surface area (Å²) in [6.07, 6.45) is 8.09. The van der Waals surface area contributed by atoms with E-state index in [4.69, 9.17) is 5.84 Å². The molecular formula is C14H23N5. The van der Waals surface area contributed by atoms with Gasteiger partial charge in [0, 0.05) is 24.3 Å². The van der Waals surface area contributed by atoms with Crippen molar-refractivity contribution in [3.05, 3.63) is 11.8 Å². The van der Waals surface area contributed by atoms with Crippen molar-refractivity contribution in [2.24, 2.45) is 11.8 Å². The maximum absolute atomic E-state index is 5.46. The molecule has 2 aliphatic rings. The fourth-order valence-electron chi connectivity index (χ4n) is 3.67. The number of rotatable bonds is 2. The lowest BCUT2D eigenvalue weighted by Crippen LogP contribution is -2.47. The minimum absolute atomic E-state index is 0.521. The fraction of sp³-hybridized carbons (Fsp3) is 0.714. The maximum Gasteiger partial charge on any atom is 0.239 e. The van der Waals surface area contributed by atoms with Gasteiger partial charge >= 0.3 is 0 Å². The smallest absolute Gasteiger partial charge is 0.239 e. The highest BCUT2D eigenvalue weighted by Crippen LogP contribution is 2.37. The summed E-state index contributed by atoms with van der Waals surface area (Å²) < 4.78 is 0. The summed E-state index contributed by atoms with van der Waals surface area (Å²) in [5, 5.41) is 0. The number of aryl methyl sites for hydroxylation is 1. The summed E-state index contributed by atoms with van der Waals surface area (Å²) in [5.41, 5.74) is 3.54. The lowest BCUT2D eigenvalue weighted by Gasteiger charge is -2.44. The molecule has 1 aromatic heterocycles. The van der Waals surface area contributed by atoms with Gasteiger partial charge in [-0.1, -0.05) is 12.8 Å². The third-order valence-corrected chi connectivity index (χ3v) is 4.51. The first-order valence-electron chi connectivity index (χ1n) is 7.37. The van der Waals surface area contributed by atoms with Gasteiger partial charge in [-0.05, 0) is 38.5 Å². The number of nitrogens with two attached hydrogens (primary N) is 1. The van der Waals surface area contributed by atoms with E-state index in [1.165, 1.54) is 38.5 Å². The van der Waals surface area contributed by atoms with Crippen molar-refractivity contribution in [1.82, 2.24) is 9.97 Å². The van der Waals surface area contributed by atoms with Gasteiger partial charge in [-0.2, -0.15) is 4.98 Å². The minimum atomic E-state index is 0.521. The van der Waals surface area contributed by atoms with E-state index in [1.807, 2.05) is 6.92 Å². The molecule has 1 saturated heterocycles. The third kappa shape index (κ3) is 2.52. The molecule has 5 heteroatoms. The number of anilines is 2. The van der Waals surface area contributed by atoms with Gasteiger partial charge in [-0.25, -0.2) is 10.8 Å². The van der Waals surface area contributed by atoms with Crippen LogP contribution in [0, 0.1) is 12.8 Å². The van der Waals surface area contributed by atoms with Crippen LogP contribution < -0.4 is 16.2 Å². The quantitative estimate of drug-likeness (QED) is 0.631. The second-order valence-corrected chi connectivity index (χ2v) is 5.78. The molecule has 5 nitrogen and oxygen atoms in total. The van der Waals surface area contributed by atoms with Gasteiger partial charge in [0.25, 0.3) is 0 Å². The highest BCUT2D eigenvalue weighted by molar-refractivity contribution is 5.46. The lowest BCUT2D eigenvalue weighted by molar-refractivity contribution is 0.242. The molecule has 0 radical (unpaired) electrons. The summed E-state index contributed by atoms with van der Waals surface area (Å²) >= 11 is 0. The Morgan fingerprint density at radius 2 is 2.00 bits per heavy atom. The molecular weight excluding hydrogens is 238 g/mol. The van der Waals surface area contributed by atoms with Crippen LogP contribution in [0.25, 0.3) is 0 Å². The molecule has 0 aromatic carbocycles. The van der Waals surface area contributed by atoms with E-state index >= 15 is 0 Å². The average Bonchev–Trinajstić information content (AvgIpc) is 2.46. The molecule has 1 aliphatic carbocycles. The summed E-state index contributed by atoms with van der Waals surface area (Å²) in [7, 11) is 0. The molecule has 3 rings (SSSR count). The van der Waals surface area contributed by atoms with E-state index in [0.29, 0.717) is 12.0 Å². The van der Waals surface area contributed by atoms with Gasteiger partial charge in [0.2, 0.25) is 5.95 Å². The zero-order chi connectivity index (χ0) is 13.2. The van der Waals surface area contributed by atoms with Crippen molar-refractivity contribution in [2.45, 2.75) is 51.5 Å². The lowest BCUT2D eigenvalue weighted by atomic mass is 9.78. The molecule has 19 heavy (non-hydrogen) atoms. The minimum Gasteiger partial charge on any atom is -0.353 e. The number of piperidine rings is 1. The standard InChI is InChI=1S/C14H23N5/c1-10-9-13(17-14(16-10)18-15)19-8-4-6-11-5-2-3-7-12(11)19/h9,11-12H,2-8,15H2,1H3,(H,16,17,18)/t11-,12-/m1/s1. The van der Waals surface area contributed by atoms with Crippen LogP contribution in [0.1, 0.15) is 44.2 Å². The molecule has 1 saturated carbocycles. The molecule has 0 bridgehead atoms. The van der Waals surface area contributed by atoms with E-state index in [2.05, 4.69) is 26.4 Å². The van der Waals surface area contributed by atoms with Crippen LogP contribution >= 0.6 is 0 Å². The average molecular weight is 261 g/mol. The van der Waals surface area contributed by atoms with Crippen molar-refractivity contribution < 1.29 is 0 Å². The zero-order valence-corrected chi connectivity index (χ0v) is 11.6. The van der Waals surface area contributed by atoms with Gasteiger partial charge in [0.05, 0.1) is 0 Å². The zero-order valence-electron chi connectivity index (χ0n) is 11.6. The van der Waals surface area contributed by atoms with Gasteiger partial charge in [-0.15, -0.1) is 0 Å². The van der Waals surface area contributed by atoms with E-state index in [0.717, 1.165) is 24.0 Å². The summed E-state index contributed by atoms with van der Waals surface area (Å²) in [5.74, 6) is 7.87. The fourth-order valence-corrected chi connectivity index (χ4v) is 3.67. The van der Waals surface area contributed by atoms with Crippen molar-refractivity contribution >= 4 is 11.8 Å². The summed E-state index contributed by atoms with van der Waals surface area (Å²) in [6.45, 7) is 3.11. The first-order chi connectivity index (χ1) is 9.28. The van der Waals surface area contributed by atoms with Crippen molar-refractivity contribution in [3.63, 3.8) is 0 Å². The van der Waals surface area contributed by atoms with Crippen LogP contribution in [-0.4, -0.2) is 22.6 Å². The maximum atomic E-state index is 5.46. The normalized spacial score (nSPS) is 26.9. The van der Waals surface area contributed by atoms with E-state index < -0.39 is 0 Å². The molecule has 2 fully saturated rings. The van der Waals surface area contributed by atoms with Gasteiger partial charge in [0.1, 0.15) is 5.82 Å². The van der Waals surface area contributed by atoms with Gasteiger partial charge in [-0.3, -0.25) is 5.43 Å². The number of fused-ring (bicyclic) bond motifs is 1. The molecule has 104 valence electrons. The summed E-state index contributed by atoms with van der Waals surface area (Å²) in [4.78, 5) is 11.3. The highest BCUT2D eigenvalue weighted by Gasteiger charge is 2.34. The number of aromatic nitrogens is 2. The van der Waals surface area contributed by atoms with Crippen LogP contribution in [0.3, 0.4) is 0 Å². The number of hydrogen-bond donors (Lipinski definition) is 2. The van der Waals surface area contributed by atoms with Crippen LogP contribution in [0.15, 0.2) is 6.07 Å². The Balaban J connectivity index is 1.89. The molecule has 3 N–H and O–H groups in total. The first kappa shape index (κ1) is 12.7. The molecule has 0 amide bonds. The SMILES string of the molecule is Cc1cc(N2CCC[C@H]3CCCC[C@H]32)nc(NN)n1. The van der Waals surface area contributed by atoms with Gasteiger partial charge < -0.3 is 4.90 Å². The number of nitrogens with zero attached hydrogens (tertiary/aromatic N) is 3. The Bertz CT molecular complexity index is 445. The molecule has 0 unspecified atom stereocenters. The van der Waals surface area contributed by atoms with Crippen LogP contribution in [0.2, 0.25) is 0 Å². The second-order valence-electron chi connectivity index (χ2n) is 5.78. The Morgan fingerprint density at radius 3 is 2.84 bits per heavy atom. The molecule has 0 spiro atoms. The van der Waals surface area contributed by atoms with E-state index in [1.54, 1.807) is 0 Å². The predicted molar refractivity (Wildman–Crippen MR) is 76.9 cm³/mol. The van der Waals surface area contributed by atoms with Crippen LogP contribution in [0.5, 0.6) is 0 Å². The first-order valence-corrected chi connectivity index (χ1v) is 7.37. The van der Waals surface area contributed by atoms with Crippen LogP contribution in [0.4, 0.5) is 11.8 Å². The second kappa shape index (κ2) is 5.33. The van der Waals surface area contributed by atoms with Crippen molar-refractivity contribution in [3.8, 4) is 0 Å². The highest BCUT2D eigenvalue weighted by atomic mass is 15.3. The number of nitrogens with one attached hydrogen (secondary N) is 1. The largest absolute Gasteiger partial charge is 0.353 e. The number of nitrogen functional groups attached to an aromatic ring is 1. The van der Waals surface area contributed by atoms with E-state index in [-0.39, 0.29) is 0 Å². The van der Waals surface area contributed by atoms with E-state index in [9.17, 15) is 0 Å². The number of hydrazine groups is 1. The third-order valence-electron chi connectivity index (χ3n) is 4.51. The summed E-state index contributed by atoms with van der Waals surface area (Å²) in [6, 6.07) is 2.75. The molecule has 2 heterocycles. The Labute approximate surface area is 114 Å². The predicted octanol–water partition coefficient (Wildman–Crippen LogP) is 2.23. The Hall–Kier alpha value is -1.36. The topological polar surface area (TPSA) is 67.1 Å².